The van der Waals surface area contributed by atoms with Gasteiger partial charge < -0.3 is 10.6 Å². The summed E-state index contributed by atoms with van der Waals surface area (Å²) >= 11 is 4.99. The Bertz CT molecular complexity index is 427. The van der Waals surface area contributed by atoms with Crippen molar-refractivity contribution < 1.29 is 0 Å². The van der Waals surface area contributed by atoms with Gasteiger partial charge in [-0.25, -0.2) is 4.98 Å². The van der Waals surface area contributed by atoms with Gasteiger partial charge in [0.05, 0.1) is 5.69 Å². The van der Waals surface area contributed by atoms with E-state index < -0.39 is 0 Å². The fourth-order valence-electron chi connectivity index (χ4n) is 1.99. The number of hydrogen-bond donors (Lipinski definition) is 1. The van der Waals surface area contributed by atoms with Crippen molar-refractivity contribution in [2.24, 2.45) is 11.7 Å². The van der Waals surface area contributed by atoms with Crippen LogP contribution in [0.2, 0.25) is 0 Å². The van der Waals surface area contributed by atoms with Crippen molar-refractivity contribution in [1.29, 1.82) is 0 Å². The average Bonchev–Trinajstić information content (AvgIpc) is 3.14. The molecule has 0 radical (unpaired) electrons. The van der Waals surface area contributed by atoms with Crippen molar-refractivity contribution in [3.8, 4) is 0 Å². The Kier molecular flexibility index (Phi) is 4.17. The third-order valence-corrected chi connectivity index (χ3v) is 3.43. The number of anilines is 1. The molecule has 2 N–H and O–H groups in total. The van der Waals surface area contributed by atoms with Crippen LogP contribution in [0.15, 0.2) is 18.2 Å². The standard InChI is InChI=1S/C14H21N3S/c1-10(2)8-9-17(11-6-7-11)13-5-3-4-12(16-13)14(15)18/h3-5,10-11H,6-9H2,1-2H3,(H2,15,18). The van der Waals surface area contributed by atoms with Crippen molar-refractivity contribution in [1.82, 2.24) is 4.98 Å². The zero-order valence-corrected chi connectivity index (χ0v) is 11.9. The molecule has 1 saturated carbocycles. The molecule has 1 fully saturated rings. The Morgan fingerprint density at radius 3 is 2.78 bits per heavy atom. The summed E-state index contributed by atoms with van der Waals surface area (Å²) in [7, 11) is 0. The van der Waals surface area contributed by atoms with Crippen LogP contribution in [-0.2, 0) is 0 Å². The zero-order valence-electron chi connectivity index (χ0n) is 11.1. The monoisotopic (exact) mass is 263 g/mol. The van der Waals surface area contributed by atoms with Gasteiger partial charge in [0, 0.05) is 12.6 Å². The van der Waals surface area contributed by atoms with Crippen molar-refractivity contribution >= 4 is 23.0 Å². The van der Waals surface area contributed by atoms with E-state index in [0.29, 0.717) is 16.9 Å². The maximum Gasteiger partial charge on any atom is 0.129 e. The molecular weight excluding hydrogens is 242 g/mol. The molecule has 1 heterocycles. The van der Waals surface area contributed by atoms with Crippen molar-refractivity contribution in [3.63, 3.8) is 0 Å². The topological polar surface area (TPSA) is 42.1 Å². The summed E-state index contributed by atoms with van der Waals surface area (Å²) in [5.74, 6) is 1.73. The first-order valence-corrected chi connectivity index (χ1v) is 7.02. The number of rotatable bonds is 6. The molecule has 1 aromatic heterocycles. The van der Waals surface area contributed by atoms with E-state index in [-0.39, 0.29) is 0 Å². The number of nitrogens with two attached hydrogens (primary N) is 1. The predicted octanol–water partition coefficient (Wildman–Crippen LogP) is 2.73. The second-order valence-electron chi connectivity index (χ2n) is 5.35. The fraction of sp³-hybridized carbons (Fsp3) is 0.571. The summed E-state index contributed by atoms with van der Waals surface area (Å²) in [5.41, 5.74) is 6.37. The maximum absolute atomic E-state index is 5.65. The average molecular weight is 263 g/mol. The Morgan fingerprint density at radius 2 is 2.22 bits per heavy atom. The van der Waals surface area contributed by atoms with E-state index in [1.807, 2.05) is 12.1 Å². The van der Waals surface area contributed by atoms with Gasteiger partial charge in [-0.1, -0.05) is 32.1 Å². The Hall–Kier alpha value is -1.16. The lowest BCUT2D eigenvalue weighted by Gasteiger charge is -2.24. The normalized spacial score (nSPS) is 14.8. The molecule has 0 unspecified atom stereocenters. The fourth-order valence-corrected chi connectivity index (χ4v) is 2.10. The van der Waals surface area contributed by atoms with E-state index in [4.69, 9.17) is 18.0 Å². The molecule has 98 valence electrons. The second kappa shape index (κ2) is 5.65. The van der Waals surface area contributed by atoms with Crippen molar-refractivity contribution in [3.05, 3.63) is 23.9 Å². The lowest BCUT2D eigenvalue weighted by atomic mass is 10.1. The molecule has 0 aromatic carbocycles. The van der Waals surface area contributed by atoms with Crippen LogP contribution in [0.1, 0.15) is 38.8 Å². The molecule has 0 bridgehead atoms. The van der Waals surface area contributed by atoms with Crippen LogP contribution in [0.3, 0.4) is 0 Å². The second-order valence-corrected chi connectivity index (χ2v) is 5.79. The van der Waals surface area contributed by atoms with E-state index in [1.165, 1.54) is 19.3 Å². The molecule has 0 aliphatic heterocycles. The van der Waals surface area contributed by atoms with Gasteiger partial charge in [0.1, 0.15) is 10.8 Å². The Morgan fingerprint density at radius 1 is 1.50 bits per heavy atom. The molecular formula is C14H21N3S. The highest BCUT2D eigenvalue weighted by atomic mass is 32.1. The molecule has 0 saturated heterocycles. The molecule has 1 aromatic rings. The van der Waals surface area contributed by atoms with Gasteiger partial charge in [-0.3, -0.25) is 0 Å². The molecule has 0 amide bonds. The highest BCUT2D eigenvalue weighted by Crippen LogP contribution is 2.31. The van der Waals surface area contributed by atoms with E-state index >= 15 is 0 Å². The number of thiocarbonyl (C=S) groups is 1. The zero-order chi connectivity index (χ0) is 13.1. The highest BCUT2D eigenvalue weighted by molar-refractivity contribution is 7.80. The van der Waals surface area contributed by atoms with E-state index in [9.17, 15) is 0 Å². The first-order valence-electron chi connectivity index (χ1n) is 6.61. The summed E-state index contributed by atoms with van der Waals surface area (Å²) < 4.78 is 0. The van der Waals surface area contributed by atoms with Gasteiger partial charge in [-0.15, -0.1) is 0 Å². The summed E-state index contributed by atoms with van der Waals surface area (Å²) in [6.45, 7) is 5.57. The lowest BCUT2D eigenvalue weighted by molar-refractivity contribution is 0.568. The first kappa shape index (κ1) is 13.3. The largest absolute Gasteiger partial charge is 0.388 e. The SMILES string of the molecule is CC(C)CCN(c1cccc(C(N)=S)n1)C1CC1. The third-order valence-electron chi connectivity index (χ3n) is 3.22. The van der Waals surface area contributed by atoms with Gasteiger partial charge in [-0.05, 0) is 37.3 Å². The smallest absolute Gasteiger partial charge is 0.129 e. The molecule has 1 aliphatic carbocycles. The summed E-state index contributed by atoms with van der Waals surface area (Å²) in [6, 6.07) is 6.58. The van der Waals surface area contributed by atoms with Gasteiger partial charge in [0.2, 0.25) is 0 Å². The quantitative estimate of drug-likeness (QED) is 0.801. The van der Waals surface area contributed by atoms with Crippen molar-refractivity contribution in [2.75, 3.05) is 11.4 Å². The Balaban J connectivity index is 2.14. The summed E-state index contributed by atoms with van der Waals surface area (Å²) in [6.07, 6.45) is 3.74. The third kappa shape index (κ3) is 3.42. The van der Waals surface area contributed by atoms with Crippen LogP contribution in [-0.4, -0.2) is 22.6 Å². The number of nitrogens with zero attached hydrogens (tertiary/aromatic N) is 2. The number of hydrogen-bond acceptors (Lipinski definition) is 3. The molecule has 0 spiro atoms. The molecule has 2 rings (SSSR count). The summed E-state index contributed by atoms with van der Waals surface area (Å²) in [4.78, 5) is 7.35. The van der Waals surface area contributed by atoms with E-state index in [1.54, 1.807) is 0 Å². The highest BCUT2D eigenvalue weighted by Gasteiger charge is 2.29. The van der Waals surface area contributed by atoms with Crippen LogP contribution in [0, 0.1) is 5.92 Å². The molecule has 0 atom stereocenters. The van der Waals surface area contributed by atoms with Gasteiger partial charge in [-0.2, -0.15) is 0 Å². The van der Waals surface area contributed by atoms with E-state index in [2.05, 4.69) is 29.8 Å². The molecule has 4 heteroatoms. The minimum atomic E-state index is 0.372. The van der Waals surface area contributed by atoms with Crippen molar-refractivity contribution in [2.45, 2.75) is 39.2 Å². The van der Waals surface area contributed by atoms with Gasteiger partial charge >= 0.3 is 0 Å². The minimum absolute atomic E-state index is 0.372. The molecule has 1 aliphatic rings. The van der Waals surface area contributed by atoms with Gasteiger partial charge in [0.15, 0.2) is 0 Å². The predicted molar refractivity (Wildman–Crippen MR) is 79.9 cm³/mol. The minimum Gasteiger partial charge on any atom is -0.388 e. The van der Waals surface area contributed by atoms with E-state index in [0.717, 1.165) is 18.1 Å². The molecule has 3 nitrogen and oxygen atoms in total. The Labute approximate surface area is 114 Å². The van der Waals surface area contributed by atoms with Crippen LogP contribution in [0.25, 0.3) is 0 Å². The maximum atomic E-state index is 5.65. The number of aromatic nitrogens is 1. The molecule has 18 heavy (non-hydrogen) atoms. The van der Waals surface area contributed by atoms with Gasteiger partial charge in [0.25, 0.3) is 0 Å². The van der Waals surface area contributed by atoms with Crippen LogP contribution >= 0.6 is 12.2 Å². The summed E-state index contributed by atoms with van der Waals surface area (Å²) in [5, 5.41) is 0. The van der Waals surface area contributed by atoms with Crippen LogP contribution in [0.5, 0.6) is 0 Å². The van der Waals surface area contributed by atoms with Crippen LogP contribution in [0.4, 0.5) is 5.82 Å². The first-order chi connectivity index (χ1) is 8.58. The van der Waals surface area contributed by atoms with Crippen LogP contribution < -0.4 is 10.6 Å². The number of pyridine rings is 1. The lowest BCUT2D eigenvalue weighted by Crippen LogP contribution is -2.29.